The Morgan fingerprint density at radius 2 is 1.78 bits per heavy atom. The highest BCUT2D eigenvalue weighted by atomic mass is 19.4. The van der Waals surface area contributed by atoms with Gasteiger partial charge in [-0.05, 0) is 61.7 Å². The topological polar surface area (TPSA) is 51.2 Å². The van der Waals surface area contributed by atoms with Crippen LogP contribution in [0.1, 0.15) is 60.0 Å². The first-order valence-corrected chi connectivity index (χ1v) is 8.64. The molecule has 2 aromatic rings. The molecule has 27 heavy (non-hydrogen) atoms. The molecule has 1 heterocycles. The van der Waals surface area contributed by atoms with Gasteiger partial charge < -0.3 is 10.1 Å². The van der Waals surface area contributed by atoms with Crippen LogP contribution in [0.15, 0.2) is 36.4 Å². The van der Waals surface area contributed by atoms with Gasteiger partial charge in [0.15, 0.2) is 6.61 Å². The van der Waals surface area contributed by atoms with Crippen molar-refractivity contribution in [1.82, 2.24) is 10.3 Å². The zero-order valence-corrected chi connectivity index (χ0v) is 15.7. The predicted octanol–water partition coefficient (Wildman–Crippen LogP) is 4.95. The van der Waals surface area contributed by atoms with E-state index in [1.165, 1.54) is 24.3 Å². The summed E-state index contributed by atoms with van der Waals surface area (Å²) in [6.07, 6.45) is -4.40. The second-order valence-corrected chi connectivity index (χ2v) is 6.74. The minimum absolute atomic E-state index is 0.0586. The molecule has 1 atom stereocenters. The Morgan fingerprint density at radius 1 is 1.15 bits per heavy atom. The van der Waals surface area contributed by atoms with Crippen LogP contribution >= 0.6 is 0 Å². The highest BCUT2D eigenvalue weighted by Gasteiger charge is 2.28. The van der Waals surface area contributed by atoms with Crippen LogP contribution in [0.3, 0.4) is 0 Å². The molecule has 0 bridgehead atoms. The summed E-state index contributed by atoms with van der Waals surface area (Å²) in [5.41, 5.74) is 3.13. The average molecular weight is 380 g/mol. The van der Waals surface area contributed by atoms with Gasteiger partial charge >= 0.3 is 6.18 Å². The van der Waals surface area contributed by atoms with Gasteiger partial charge in [0, 0.05) is 17.0 Å². The second-order valence-electron chi connectivity index (χ2n) is 6.74. The van der Waals surface area contributed by atoms with Crippen LogP contribution in [0.4, 0.5) is 13.2 Å². The van der Waals surface area contributed by atoms with Crippen molar-refractivity contribution in [2.24, 2.45) is 0 Å². The van der Waals surface area contributed by atoms with Crippen molar-refractivity contribution in [3.63, 3.8) is 0 Å². The quantitative estimate of drug-likeness (QED) is 0.772. The molecule has 0 radical (unpaired) electrons. The number of aromatic nitrogens is 1. The standard InChI is InChI=1S/C20H23F3N2O2/c1-12(2)18-10-16(9-13(3)24-18)14(4)25-19(26)15-5-7-17(8-6-15)27-11-20(21,22)23/h5-10,12,14H,11H2,1-4H3,(H,25,26). The number of amides is 1. The highest BCUT2D eigenvalue weighted by Crippen LogP contribution is 2.21. The molecule has 1 aromatic heterocycles. The molecule has 0 aliphatic heterocycles. The van der Waals surface area contributed by atoms with Gasteiger partial charge in [-0.15, -0.1) is 0 Å². The molecule has 0 saturated heterocycles. The van der Waals surface area contributed by atoms with Crippen molar-refractivity contribution >= 4 is 5.91 Å². The van der Waals surface area contributed by atoms with Crippen molar-refractivity contribution in [2.45, 2.75) is 45.8 Å². The maximum Gasteiger partial charge on any atom is 0.422 e. The molecule has 1 aromatic carbocycles. The van der Waals surface area contributed by atoms with Crippen LogP contribution in [0.2, 0.25) is 0 Å². The Balaban J connectivity index is 2.04. The SMILES string of the molecule is Cc1cc(C(C)NC(=O)c2ccc(OCC(F)(F)F)cc2)cc(C(C)C)n1. The minimum atomic E-state index is -4.40. The van der Waals surface area contributed by atoms with Crippen LogP contribution in [0.25, 0.3) is 0 Å². The third-order valence-corrected chi connectivity index (χ3v) is 3.95. The molecule has 0 fully saturated rings. The summed E-state index contributed by atoms with van der Waals surface area (Å²) in [5.74, 6) is 0.0180. The number of halogens is 3. The Morgan fingerprint density at radius 3 is 2.33 bits per heavy atom. The van der Waals surface area contributed by atoms with Crippen LogP contribution < -0.4 is 10.1 Å². The normalized spacial score (nSPS) is 12.7. The molecule has 2 rings (SSSR count). The summed E-state index contributed by atoms with van der Waals surface area (Å²) in [4.78, 5) is 16.9. The van der Waals surface area contributed by atoms with Crippen molar-refractivity contribution in [1.29, 1.82) is 0 Å². The third kappa shape index (κ3) is 6.27. The zero-order chi connectivity index (χ0) is 20.2. The lowest BCUT2D eigenvalue weighted by Gasteiger charge is -2.17. The van der Waals surface area contributed by atoms with Gasteiger partial charge in [-0.3, -0.25) is 9.78 Å². The number of hydrogen-bond donors (Lipinski definition) is 1. The molecule has 146 valence electrons. The number of nitrogens with one attached hydrogen (secondary N) is 1. The van der Waals surface area contributed by atoms with E-state index in [0.717, 1.165) is 17.0 Å². The summed E-state index contributed by atoms with van der Waals surface area (Å²) < 4.78 is 41.1. The highest BCUT2D eigenvalue weighted by molar-refractivity contribution is 5.94. The van der Waals surface area contributed by atoms with E-state index < -0.39 is 12.8 Å². The maximum absolute atomic E-state index is 12.4. The molecule has 1 amide bonds. The molecule has 4 nitrogen and oxygen atoms in total. The van der Waals surface area contributed by atoms with Crippen molar-refractivity contribution in [3.8, 4) is 5.75 Å². The van der Waals surface area contributed by atoms with Gasteiger partial charge in [-0.2, -0.15) is 13.2 Å². The van der Waals surface area contributed by atoms with E-state index in [0.29, 0.717) is 5.56 Å². The third-order valence-electron chi connectivity index (χ3n) is 3.95. The predicted molar refractivity (Wildman–Crippen MR) is 96.9 cm³/mol. The Hall–Kier alpha value is -2.57. The number of benzene rings is 1. The largest absolute Gasteiger partial charge is 0.484 e. The number of carbonyl (C=O) groups is 1. The lowest BCUT2D eigenvalue weighted by atomic mass is 10.0. The van der Waals surface area contributed by atoms with Gasteiger partial charge in [-0.1, -0.05) is 13.8 Å². The molecule has 0 aliphatic rings. The molecule has 0 aliphatic carbocycles. The van der Waals surface area contributed by atoms with E-state index in [9.17, 15) is 18.0 Å². The molecular weight excluding hydrogens is 357 g/mol. The molecule has 1 N–H and O–H groups in total. The number of rotatable bonds is 6. The summed E-state index contributed by atoms with van der Waals surface area (Å²) in [6.45, 7) is 6.52. The molecule has 7 heteroatoms. The molecule has 0 spiro atoms. The molecular formula is C20H23F3N2O2. The summed E-state index contributed by atoms with van der Waals surface area (Å²) in [6, 6.07) is 9.22. The molecule has 0 saturated carbocycles. The Bertz CT molecular complexity index is 787. The van der Waals surface area contributed by atoms with E-state index in [1.54, 1.807) is 0 Å². The first kappa shape index (κ1) is 20.7. The fraction of sp³-hybridized carbons (Fsp3) is 0.400. The fourth-order valence-electron chi connectivity index (χ4n) is 2.50. The van der Waals surface area contributed by atoms with E-state index in [-0.39, 0.29) is 23.6 Å². The zero-order valence-electron chi connectivity index (χ0n) is 15.7. The Labute approximate surface area is 156 Å². The van der Waals surface area contributed by atoms with Crippen LogP contribution in [-0.4, -0.2) is 23.7 Å². The van der Waals surface area contributed by atoms with Crippen LogP contribution in [0.5, 0.6) is 5.75 Å². The number of alkyl halides is 3. The first-order valence-electron chi connectivity index (χ1n) is 8.64. The number of hydrogen-bond acceptors (Lipinski definition) is 3. The minimum Gasteiger partial charge on any atom is -0.484 e. The number of ether oxygens (including phenoxy) is 1. The smallest absolute Gasteiger partial charge is 0.422 e. The lowest BCUT2D eigenvalue weighted by molar-refractivity contribution is -0.153. The van der Waals surface area contributed by atoms with E-state index >= 15 is 0 Å². The Kier molecular flexibility index (Phi) is 6.46. The van der Waals surface area contributed by atoms with Gasteiger partial charge in [0.05, 0.1) is 6.04 Å². The van der Waals surface area contributed by atoms with Crippen molar-refractivity contribution < 1.29 is 22.7 Å². The van der Waals surface area contributed by atoms with Gasteiger partial charge in [0.1, 0.15) is 5.75 Å². The lowest BCUT2D eigenvalue weighted by Crippen LogP contribution is -2.27. The fourth-order valence-corrected chi connectivity index (χ4v) is 2.50. The molecule has 1 unspecified atom stereocenters. The van der Waals surface area contributed by atoms with Crippen molar-refractivity contribution in [2.75, 3.05) is 6.61 Å². The van der Waals surface area contributed by atoms with Crippen LogP contribution in [-0.2, 0) is 0 Å². The summed E-state index contributed by atoms with van der Waals surface area (Å²) >= 11 is 0. The van der Waals surface area contributed by atoms with E-state index in [4.69, 9.17) is 0 Å². The number of carbonyl (C=O) groups excluding carboxylic acids is 1. The summed E-state index contributed by atoms with van der Waals surface area (Å²) in [7, 11) is 0. The van der Waals surface area contributed by atoms with Gasteiger partial charge in [0.25, 0.3) is 5.91 Å². The van der Waals surface area contributed by atoms with Crippen LogP contribution in [0, 0.1) is 6.92 Å². The summed E-state index contributed by atoms with van der Waals surface area (Å²) in [5, 5.41) is 2.89. The van der Waals surface area contributed by atoms with Gasteiger partial charge in [-0.25, -0.2) is 0 Å². The second kappa shape index (κ2) is 8.41. The van der Waals surface area contributed by atoms with Crippen molar-refractivity contribution in [3.05, 3.63) is 58.9 Å². The monoisotopic (exact) mass is 380 g/mol. The van der Waals surface area contributed by atoms with E-state index in [1.807, 2.05) is 26.0 Å². The first-order chi connectivity index (χ1) is 12.5. The number of nitrogens with zero attached hydrogens (tertiary/aromatic N) is 1. The van der Waals surface area contributed by atoms with Gasteiger partial charge in [0.2, 0.25) is 0 Å². The number of aryl methyl sites for hydroxylation is 1. The maximum atomic E-state index is 12.4. The number of pyridine rings is 1. The van der Waals surface area contributed by atoms with E-state index in [2.05, 4.69) is 28.9 Å². The average Bonchev–Trinajstić information content (AvgIpc) is 2.59.